The smallest absolute Gasteiger partial charge is 0.341 e. The number of aromatic nitrogens is 2. The molecule has 1 aromatic heterocycles. The number of carbonyl (C=O) groups is 3. The number of hydrogen-bond acceptors (Lipinski definition) is 4. The molecule has 1 aliphatic heterocycles. The molecule has 0 radical (unpaired) electrons. The van der Waals surface area contributed by atoms with Gasteiger partial charge in [0.2, 0.25) is 5.91 Å². The van der Waals surface area contributed by atoms with Crippen LogP contribution in [0.3, 0.4) is 0 Å². The Hall–Kier alpha value is -2.67. The molecule has 1 atom stereocenters. The van der Waals surface area contributed by atoms with E-state index in [2.05, 4.69) is 10.4 Å². The van der Waals surface area contributed by atoms with Crippen LogP contribution in [0.2, 0.25) is 5.02 Å². The molecule has 1 unspecified atom stereocenters. The number of benzene rings is 1. The minimum Gasteiger partial charge on any atom is -0.477 e. The predicted molar refractivity (Wildman–Crippen MR) is 72.6 cm³/mol. The lowest BCUT2D eigenvalue weighted by molar-refractivity contribution is -0.117. The summed E-state index contributed by atoms with van der Waals surface area (Å²) in [4.78, 5) is 35.5. The third-order valence-electron chi connectivity index (χ3n) is 3.16. The van der Waals surface area contributed by atoms with E-state index in [0.29, 0.717) is 10.6 Å². The molecular weight excluding hydrogens is 298 g/mol. The summed E-state index contributed by atoms with van der Waals surface area (Å²) in [5, 5.41) is 15.6. The van der Waals surface area contributed by atoms with E-state index in [9.17, 15) is 14.4 Å². The summed E-state index contributed by atoms with van der Waals surface area (Å²) in [6.45, 7) is 0. The molecule has 21 heavy (non-hydrogen) atoms. The molecule has 2 N–H and O–H groups in total. The van der Waals surface area contributed by atoms with Crippen LogP contribution in [-0.4, -0.2) is 32.7 Å². The van der Waals surface area contributed by atoms with E-state index in [-0.39, 0.29) is 11.4 Å². The van der Waals surface area contributed by atoms with Crippen LogP contribution in [0.1, 0.15) is 26.6 Å². The standard InChI is InChI=1S/C13H8ClN3O4/c14-7-3-1-6(2-4-7)9-11(18)16-10-8(13(20)21)5-15-17(10)12(9)19/h1-5,9H,(H,16,18)(H,20,21). The summed E-state index contributed by atoms with van der Waals surface area (Å²) < 4.78 is 0.893. The van der Waals surface area contributed by atoms with E-state index >= 15 is 0 Å². The molecule has 106 valence electrons. The topological polar surface area (TPSA) is 101 Å². The number of carboxylic acids is 1. The molecule has 0 aliphatic carbocycles. The Morgan fingerprint density at radius 2 is 1.95 bits per heavy atom. The Balaban J connectivity index is 2.06. The molecule has 1 amide bonds. The van der Waals surface area contributed by atoms with Gasteiger partial charge in [-0.25, -0.2) is 4.79 Å². The number of amides is 1. The van der Waals surface area contributed by atoms with Crippen LogP contribution in [0.25, 0.3) is 0 Å². The largest absolute Gasteiger partial charge is 0.477 e. The minimum atomic E-state index is -1.27. The van der Waals surface area contributed by atoms with Gasteiger partial charge in [0.05, 0.1) is 6.20 Å². The Labute approximate surface area is 123 Å². The third kappa shape index (κ3) is 2.07. The summed E-state index contributed by atoms with van der Waals surface area (Å²) in [6, 6.07) is 6.27. The van der Waals surface area contributed by atoms with E-state index in [1.165, 1.54) is 0 Å². The minimum absolute atomic E-state index is 0.122. The Morgan fingerprint density at radius 1 is 1.29 bits per heavy atom. The van der Waals surface area contributed by atoms with E-state index < -0.39 is 23.7 Å². The number of carboxylic acid groups (broad SMARTS) is 1. The van der Waals surface area contributed by atoms with Crippen molar-refractivity contribution in [1.82, 2.24) is 9.78 Å². The van der Waals surface area contributed by atoms with Crippen LogP contribution in [0.15, 0.2) is 30.5 Å². The molecule has 0 spiro atoms. The van der Waals surface area contributed by atoms with Gasteiger partial charge in [-0.1, -0.05) is 23.7 Å². The second kappa shape index (κ2) is 4.71. The maximum atomic E-state index is 12.4. The van der Waals surface area contributed by atoms with Crippen LogP contribution in [0, 0.1) is 0 Å². The Bertz CT molecular complexity index is 766. The van der Waals surface area contributed by atoms with Gasteiger partial charge >= 0.3 is 5.97 Å². The molecule has 1 aliphatic rings. The first kappa shape index (κ1) is 13.3. The van der Waals surface area contributed by atoms with Gasteiger partial charge in [0.25, 0.3) is 5.91 Å². The van der Waals surface area contributed by atoms with Crippen LogP contribution in [-0.2, 0) is 4.79 Å². The van der Waals surface area contributed by atoms with E-state index in [1.54, 1.807) is 24.3 Å². The average molecular weight is 306 g/mol. The average Bonchev–Trinajstić information content (AvgIpc) is 2.85. The number of halogens is 1. The highest BCUT2D eigenvalue weighted by Crippen LogP contribution is 2.29. The van der Waals surface area contributed by atoms with Crippen molar-refractivity contribution in [2.45, 2.75) is 5.92 Å². The van der Waals surface area contributed by atoms with Crippen molar-refractivity contribution in [1.29, 1.82) is 0 Å². The van der Waals surface area contributed by atoms with E-state index in [0.717, 1.165) is 10.9 Å². The molecular formula is C13H8ClN3O4. The lowest BCUT2D eigenvalue weighted by atomic mass is 9.96. The lowest BCUT2D eigenvalue weighted by Crippen LogP contribution is -2.38. The maximum absolute atomic E-state index is 12.4. The number of fused-ring (bicyclic) bond motifs is 1. The second-order valence-corrected chi connectivity index (χ2v) is 4.87. The van der Waals surface area contributed by atoms with Crippen LogP contribution in [0.4, 0.5) is 5.82 Å². The van der Waals surface area contributed by atoms with Gasteiger partial charge in [-0.3, -0.25) is 9.59 Å². The summed E-state index contributed by atoms with van der Waals surface area (Å²) >= 11 is 5.77. The van der Waals surface area contributed by atoms with Crippen molar-refractivity contribution in [3.05, 3.63) is 46.6 Å². The molecule has 0 saturated carbocycles. The van der Waals surface area contributed by atoms with E-state index in [1.807, 2.05) is 0 Å². The van der Waals surface area contributed by atoms with Gasteiger partial charge in [0, 0.05) is 5.02 Å². The first-order valence-electron chi connectivity index (χ1n) is 5.91. The van der Waals surface area contributed by atoms with Crippen molar-refractivity contribution >= 4 is 35.2 Å². The first-order chi connectivity index (χ1) is 9.99. The van der Waals surface area contributed by atoms with Crippen LogP contribution < -0.4 is 5.32 Å². The van der Waals surface area contributed by atoms with Gasteiger partial charge in [-0.15, -0.1) is 0 Å². The zero-order valence-electron chi connectivity index (χ0n) is 10.4. The number of nitrogens with zero attached hydrogens (tertiary/aromatic N) is 2. The van der Waals surface area contributed by atoms with E-state index in [4.69, 9.17) is 16.7 Å². The zero-order chi connectivity index (χ0) is 15.1. The predicted octanol–water partition coefficient (Wildman–Crippen LogP) is 1.61. The molecule has 8 heteroatoms. The first-order valence-corrected chi connectivity index (χ1v) is 6.28. The third-order valence-corrected chi connectivity index (χ3v) is 3.41. The monoisotopic (exact) mass is 305 g/mol. The van der Waals surface area contributed by atoms with Crippen LogP contribution in [0.5, 0.6) is 0 Å². The Morgan fingerprint density at radius 3 is 2.57 bits per heavy atom. The Kier molecular flexibility index (Phi) is 2.99. The van der Waals surface area contributed by atoms with Crippen molar-refractivity contribution < 1.29 is 19.5 Å². The normalized spacial score (nSPS) is 17.3. The lowest BCUT2D eigenvalue weighted by Gasteiger charge is -2.22. The molecule has 2 aromatic rings. The van der Waals surface area contributed by atoms with Crippen molar-refractivity contribution in [2.24, 2.45) is 0 Å². The fraction of sp³-hybridized carbons (Fsp3) is 0.0769. The molecule has 0 bridgehead atoms. The fourth-order valence-electron chi connectivity index (χ4n) is 2.16. The van der Waals surface area contributed by atoms with Crippen molar-refractivity contribution in [3.63, 3.8) is 0 Å². The highest BCUT2D eigenvalue weighted by atomic mass is 35.5. The van der Waals surface area contributed by atoms with Gasteiger partial charge in [-0.2, -0.15) is 9.78 Å². The van der Waals surface area contributed by atoms with Gasteiger partial charge in [-0.05, 0) is 17.7 Å². The second-order valence-electron chi connectivity index (χ2n) is 4.44. The molecule has 0 saturated heterocycles. The maximum Gasteiger partial charge on any atom is 0.341 e. The van der Waals surface area contributed by atoms with Gasteiger partial charge in [0.15, 0.2) is 5.82 Å². The number of carbonyl (C=O) groups excluding carboxylic acids is 2. The fourth-order valence-corrected chi connectivity index (χ4v) is 2.29. The number of nitrogens with one attached hydrogen (secondary N) is 1. The SMILES string of the molecule is O=C(O)c1cnn2c1NC(=O)C(c1ccc(Cl)cc1)C2=O. The van der Waals surface area contributed by atoms with Crippen molar-refractivity contribution in [3.8, 4) is 0 Å². The summed E-state index contributed by atoms with van der Waals surface area (Å²) in [6.07, 6.45) is 1.03. The van der Waals surface area contributed by atoms with Crippen molar-refractivity contribution in [2.75, 3.05) is 5.32 Å². The molecule has 1 aromatic carbocycles. The van der Waals surface area contributed by atoms with Gasteiger partial charge < -0.3 is 10.4 Å². The molecule has 7 nitrogen and oxygen atoms in total. The summed E-state index contributed by atoms with van der Waals surface area (Å²) in [7, 11) is 0. The molecule has 2 heterocycles. The highest BCUT2D eigenvalue weighted by molar-refractivity contribution is 6.30. The quantitative estimate of drug-likeness (QED) is 0.821. The van der Waals surface area contributed by atoms with Gasteiger partial charge in [0.1, 0.15) is 11.5 Å². The number of hydrogen-bond donors (Lipinski definition) is 2. The highest BCUT2D eigenvalue weighted by Gasteiger charge is 2.38. The summed E-state index contributed by atoms with van der Waals surface area (Å²) in [5.74, 6) is -3.69. The number of aromatic carboxylic acids is 1. The number of anilines is 1. The van der Waals surface area contributed by atoms with Crippen LogP contribution >= 0.6 is 11.6 Å². The number of rotatable bonds is 2. The molecule has 0 fully saturated rings. The summed E-state index contributed by atoms with van der Waals surface area (Å²) in [5.41, 5.74) is 0.228. The zero-order valence-corrected chi connectivity index (χ0v) is 11.2. The molecule has 3 rings (SSSR count).